The van der Waals surface area contributed by atoms with Crippen LogP contribution in [0.4, 0.5) is 0 Å². The average Bonchev–Trinajstić information content (AvgIpc) is 2.24. The van der Waals surface area contributed by atoms with Crippen molar-refractivity contribution in [1.82, 2.24) is 0 Å². The molecule has 5 N–H and O–H groups in total. The molecule has 1 aromatic rings. The molecular weight excluding hydrogens is 416 g/mol. The van der Waals surface area contributed by atoms with E-state index in [9.17, 15) is 14.2 Å². The fourth-order valence-corrected chi connectivity index (χ4v) is 2.69. The summed E-state index contributed by atoms with van der Waals surface area (Å²) >= 11 is 6.40. The first-order chi connectivity index (χ1) is 8.27. The van der Waals surface area contributed by atoms with Crippen molar-refractivity contribution in [2.24, 2.45) is 5.73 Å². The summed E-state index contributed by atoms with van der Waals surface area (Å²) < 4.78 is 23.6. The van der Waals surface area contributed by atoms with Crippen LogP contribution in [0.25, 0.3) is 0 Å². The highest BCUT2D eigenvalue weighted by Crippen LogP contribution is 2.33. The lowest BCUT2D eigenvalue weighted by molar-refractivity contribution is 0.371. The van der Waals surface area contributed by atoms with Gasteiger partial charge in [-0.15, -0.1) is 0 Å². The molecular formula is C7H11Br2NO6P2. The van der Waals surface area contributed by atoms with E-state index in [4.69, 9.17) is 15.5 Å². The van der Waals surface area contributed by atoms with E-state index < -0.39 is 16.5 Å². The summed E-state index contributed by atoms with van der Waals surface area (Å²) in [4.78, 5) is 15.4. The Bertz CT molecular complexity index is 423. The Kier molecular flexibility index (Phi) is 9.37. The van der Waals surface area contributed by atoms with E-state index in [1.807, 2.05) is 0 Å². The van der Waals surface area contributed by atoms with Gasteiger partial charge >= 0.3 is 16.5 Å². The molecule has 0 saturated carbocycles. The minimum atomic E-state index is -3.20. The molecule has 2 unspecified atom stereocenters. The lowest BCUT2D eigenvalue weighted by Crippen LogP contribution is -1.95. The Morgan fingerprint density at radius 2 is 1.56 bits per heavy atom. The summed E-state index contributed by atoms with van der Waals surface area (Å²) in [7, 11) is -6.40. The number of hydrogen-bond acceptors (Lipinski definition) is 5. The van der Waals surface area contributed by atoms with Crippen molar-refractivity contribution in [3.05, 3.63) is 26.6 Å². The quantitative estimate of drug-likeness (QED) is 0.544. The molecule has 0 saturated heterocycles. The van der Waals surface area contributed by atoms with E-state index in [2.05, 4.69) is 36.2 Å². The summed E-state index contributed by atoms with van der Waals surface area (Å²) in [5, 5.41) is 9.29. The minimum absolute atomic E-state index is 0.210. The summed E-state index contributed by atoms with van der Waals surface area (Å²) in [6, 6.07) is 3.58. The van der Waals surface area contributed by atoms with Crippen LogP contribution >= 0.6 is 48.4 Å². The SMILES string of the molecule is NCc1cc(Br)c(O)c(Br)c1.O=[PH](O)O[PH](=O)O. The van der Waals surface area contributed by atoms with E-state index in [0.29, 0.717) is 15.5 Å². The maximum atomic E-state index is 9.44. The van der Waals surface area contributed by atoms with Gasteiger partial charge in [0.2, 0.25) is 0 Å². The molecule has 1 aromatic carbocycles. The molecule has 0 aliphatic heterocycles. The van der Waals surface area contributed by atoms with Gasteiger partial charge in [-0.05, 0) is 49.6 Å². The Morgan fingerprint density at radius 1 is 1.17 bits per heavy atom. The van der Waals surface area contributed by atoms with E-state index in [1.165, 1.54) is 0 Å². The summed E-state index contributed by atoms with van der Waals surface area (Å²) in [5.74, 6) is 0.210. The van der Waals surface area contributed by atoms with Gasteiger partial charge in [-0.3, -0.25) is 9.13 Å². The zero-order valence-electron chi connectivity index (χ0n) is 8.76. The Labute approximate surface area is 121 Å². The lowest BCUT2D eigenvalue weighted by Gasteiger charge is -2.02. The van der Waals surface area contributed by atoms with Gasteiger partial charge < -0.3 is 20.6 Å². The van der Waals surface area contributed by atoms with Gasteiger partial charge in [-0.1, -0.05) is 0 Å². The standard InChI is InChI=1S/C7H7Br2NO.H4O5P2/c8-5-1-4(3-10)2-6(9)7(5)11;1-6(2)5-7(3)4/h1-2,11H,3,10H2;6-7H,(H,1,2)(H,3,4). The fourth-order valence-electron chi connectivity index (χ4n) is 0.811. The second-order valence-corrected chi connectivity index (χ2v) is 6.33. The monoisotopic (exact) mass is 425 g/mol. The lowest BCUT2D eigenvalue weighted by atomic mass is 10.2. The molecule has 0 spiro atoms. The molecule has 0 radical (unpaired) electrons. The third-order valence-corrected chi connectivity index (χ3v) is 4.09. The number of phenolic OH excluding ortho intramolecular Hbond substituents is 1. The molecule has 0 fully saturated rings. The Morgan fingerprint density at radius 3 is 1.78 bits per heavy atom. The van der Waals surface area contributed by atoms with Gasteiger partial charge in [-0.2, -0.15) is 0 Å². The minimum Gasteiger partial charge on any atom is -0.506 e. The number of aromatic hydroxyl groups is 1. The summed E-state index contributed by atoms with van der Waals surface area (Å²) in [5.41, 5.74) is 6.39. The zero-order chi connectivity index (χ0) is 14.3. The number of rotatable bonds is 3. The van der Waals surface area contributed by atoms with Crippen LogP contribution in [0.15, 0.2) is 21.1 Å². The number of phenols is 1. The average molecular weight is 427 g/mol. The van der Waals surface area contributed by atoms with E-state index in [1.54, 1.807) is 12.1 Å². The summed E-state index contributed by atoms with van der Waals surface area (Å²) in [6.45, 7) is 0.470. The second-order valence-electron chi connectivity index (χ2n) is 2.75. The van der Waals surface area contributed by atoms with Crippen LogP contribution in [0.2, 0.25) is 0 Å². The molecule has 104 valence electrons. The number of hydrogen-bond donors (Lipinski definition) is 4. The number of benzene rings is 1. The first kappa shape index (κ1) is 18.3. The van der Waals surface area contributed by atoms with E-state index >= 15 is 0 Å². The van der Waals surface area contributed by atoms with Crippen molar-refractivity contribution >= 4 is 48.4 Å². The Hall–Kier alpha value is 0.280. The topological polar surface area (TPSA) is 130 Å². The normalized spacial score (nSPS) is 13.4. The Balaban J connectivity index is 0.000000360. The van der Waals surface area contributed by atoms with Crippen LogP contribution in [0.1, 0.15) is 5.56 Å². The van der Waals surface area contributed by atoms with Crippen molar-refractivity contribution in [2.75, 3.05) is 0 Å². The smallest absolute Gasteiger partial charge is 0.323 e. The van der Waals surface area contributed by atoms with Crippen LogP contribution in [0.3, 0.4) is 0 Å². The van der Waals surface area contributed by atoms with Crippen molar-refractivity contribution in [1.29, 1.82) is 0 Å². The predicted molar refractivity (Wildman–Crippen MR) is 74.9 cm³/mol. The summed E-state index contributed by atoms with van der Waals surface area (Å²) in [6.07, 6.45) is 0. The molecule has 0 amide bonds. The van der Waals surface area contributed by atoms with Crippen molar-refractivity contribution in [2.45, 2.75) is 6.54 Å². The molecule has 0 aliphatic rings. The van der Waals surface area contributed by atoms with Crippen molar-refractivity contribution in [3.63, 3.8) is 0 Å². The van der Waals surface area contributed by atoms with E-state index in [0.717, 1.165) is 5.56 Å². The predicted octanol–water partition coefficient (Wildman–Crippen LogP) is 2.14. The molecule has 18 heavy (non-hydrogen) atoms. The maximum absolute atomic E-state index is 9.44. The molecule has 0 bridgehead atoms. The van der Waals surface area contributed by atoms with Crippen LogP contribution in [-0.2, 0) is 20.0 Å². The third-order valence-electron chi connectivity index (χ3n) is 1.49. The van der Waals surface area contributed by atoms with Crippen molar-refractivity contribution < 1.29 is 28.3 Å². The number of halogens is 2. The maximum Gasteiger partial charge on any atom is 0.323 e. The molecule has 7 nitrogen and oxygen atoms in total. The van der Waals surface area contributed by atoms with Gasteiger partial charge in [0.15, 0.2) is 0 Å². The molecule has 11 heteroatoms. The molecule has 1 rings (SSSR count). The fraction of sp³-hybridized carbons (Fsp3) is 0.143. The van der Waals surface area contributed by atoms with Gasteiger partial charge in [0.25, 0.3) is 0 Å². The zero-order valence-corrected chi connectivity index (χ0v) is 13.9. The highest BCUT2D eigenvalue weighted by molar-refractivity contribution is 9.11. The molecule has 2 atom stereocenters. The van der Waals surface area contributed by atoms with Crippen LogP contribution in [0.5, 0.6) is 5.75 Å². The largest absolute Gasteiger partial charge is 0.506 e. The molecule has 0 aliphatic carbocycles. The van der Waals surface area contributed by atoms with E-state index in [-0.39, 0.29) is 5.75 Å². The van der Waals surface area contributed by atoms with Gasteiger partial charge in [-0.25, -0.2) is 4.31 Å². The molecule has 0 aromatic heterocycles. The third kappa shape index (κ3) is 7.66. The number of nitrogens with two attached hydrogens (primary N) is 1. The van der Waals surface area contributed by atoms with Crippen LogP contribution < -0.4 is 5.73 Å². The van der Waals surface area contributed by atoms with Gasteiger partial charge in [0, 0.05) is 6.54 Å². The van der Waals surface area contributed by atoms with Crippen LogP contribution in [0, 0.1) is 0 Å². The highest BCUT2D eigenvalue weighted by Gasteiger charge is 2.03. The second kappa shape index (κ2) is 9.23. The first-order valence-electron chi connectivity index (χ1n) is 4.28. The first-order valence-corrected chi connectivity index (χ1v) is 8.40. The highest BCUT2D eigenvalue weighted by atomic mass is 79.9. The van der Waals surface area contributed by atoms with Crippen molar-refractivity contribution in [3.8, 4) is 5.75 Å². The van der Waals surface area contributed by atoms with Gasteiger partial charge in [0.05, 0.1) is 8.95 Å². The molecule has 0 heterocycles. The van der Waals surface area contributed by atoms with Crippen LogP contribution in [-0.4, -0.2) is 14.9 Å². The van der Waals surface area contributed by atoms with Gasteiger partial charge in [0.1, 0.15) is 5.75 Å².